The molecule has 0 atom stereocenters. The van der Waals surface area contributed by atoms with Crippen LogP contribution in [0.5, 0.6) is 0 Å². The van der Waals surface area contributed by atoms with E-state index >= 15 is 0 Å². The second kappa shape index (κ2) is 4.51. The monoisotopic (exact) mass is 247 g/mol. The Bertz CT molecular complexity index is 648. The lowest BCUT2D eigenvalue weighted by atomic mass is 9.76. The lowest BCUT2D eigenvalue weighted by Gasteiger charge is -2.28. The standard InChI is InChI=1S/C18H17N/c1-18(2)16-11-7-6-8-14(16)12-13-19-17(18)15-9-4-3-5-10-15/h3-13H,1-2H3. The Labute approximate surface area is 114 Å². The van der Waals surface area contributed by atoms with Gasteiger partial charge in [0.1, 0.15) is 0 Å². The summed E-state index contributed by atoms with van der Waals surface area (Å²) in [5.74, 6) is 0. The maximum Gasteiger partial charge on any atom is 0.0576 e. The second-order valence-electron chi connectivity index (χ2n) is 5.37. The molecular formula is C18H17N. The second-order valence-corrected chi connectivity index (χ2v) is 5.37. The molecule has 0 aliphatic carbocycles. The molecule has 0 saturated carbocycles. The lowest BCUT2D eigenvalue weighted by molar-refractivity contribution is 0.718. The number of benzene rings is 2. The van der Waals surface area contributed by atoms with E-state index in [1.807, 2.05) is 12.3 Å². The third-order valence-electron chi connectivity index (χ3n) is 3.73. The Kier molecular flexibility index (Phi) is 2.83. The van der Waals surface area contributed by atoms with Crippen molar-refractivity contribution in [3.8, 4) is 0 Å². The highest BCUT2D eigenvalue weighted by atomic mass is 14.7. The largest absolute Gasteiger partial charge is 0.260 e. The average molecular weight is 247 g/mol. The normalized spacial score (nSPS) is 16.4. The highest BCUT2D eigenvalue weighted by molar-refractivity contribution is 6.09. The Morgan fingerprint density at radius 2 is 1.53 bits per heavy atom. The van der Waals surface area contributed by atoms with E-state index in [9.17, 15) is 0 Å². The van der Waals surface area contributed by atoms with Gasteiger partial charge in [-0.15, -0.1) is 0 Å². The van der Waals surface area contributed by atoms with E-state index < -0.39 is 0 Å². The Morgan fingerprint density at radius 3 is 2.32 bits per heavy atom. The zero-order valence-electron chi connectivity index (χ0n) is 11.3. The highest BCUT2D eigenvalue weighted by Crippen LogP contribution is 2.33. The molecule has 0 spiro atoms. The van der Waals surface area contributed by atoms with Crippen molar-refractivity contribution in [2.45, 2.75) is 19.3 Å². The fourth-order valence-corrected chi connectivity index (χ4v) is 2.72. The molecule has 1 heteroatoms. The van der Waals surface area contributed by atoms with Crippen LogP contribution in [0.15, 0.2) is 65.8 Å². The number of hydrogen-bond donors (Lipinski definition) is 0. The number of hydrogen-bond acceptors (Lipinski definition) is 1. The Balaban J connectivity index is 2.19. The topological polar surface area (TPSA) is 12.4 Å². The molecule has 0 N–H and O–H groups in total. The third-order valence-corrected chi connectivity index (χ3v) is 3.73. The van der Waals surface area contributed by atoms with Crippen molar-refractivity contribution in [2.24, 2.45) is 4.99 Å². The van der Waals surface area contributed by atoms with Crippen LogP contribution in [0.4, 0.5) is 0 Å². The van der Waals surface area contributed by atoms with Crippen LogP contribution in [0.2, 0.25) is 0 Å². The molecule has 2 aromatic rings. The van der Waals surface area contributed by atoms with Gasteiger partial charge in [-0.3, -0.25) is 4.99 Å². The van der Waals surface area contributed by atoms with Gasteiger partial charge in [-0.2, -0.15) is 0 Å². The van der Waals surface area contributed by atoms with Gasteiger partial charge in [-0.05, 0) is 22.8 Å². The molecule has 2 aromatic carbocycles. The van der Waals surface area contributed by atoms with Gasteiger partial charge >= 0.3 is 0 Å². The third kappa shape index (κ3) is 2.01. The van der Waals surface area contributed by atoms with Crippen LogP contribution in [0, 0.1) is 0 Å². The lowest BCUT2D eigenvalue weighted by Crippen LogP contribution is -2.30. The van der Waals surface area contributed by atoms with E-state index in [-0.39, 0.29) is 5.41 Å². The van der Waals surface area contributed by atoms with Crippen molar-refractivity contribution in [3.05, 3.63) is 77.5 Å². The zero-order chi connectivity index (χ0) is 13.3. The molecule has 19 heavy (non-hydrogen) atoms. The molecule has 1 nitrogen and oxygen atoms in total. The van der Waals surface area contributed by atoms with Crippen molar-refractivity contribution in [3.63, 3.8) is 0 Å². The molecule has 0 aromatic heterocycles. The first kappa shape index (κ1) is 11.9. The summed E-state index contributed by atoms with van der Waals surface area (Å²) >= 11 is 0. The predicted octanol–water partition coefficient (Wildman–Crippen LogP) is 4.44. The first-order valence-electron chi connectivity index (χ1n) is 6.59. The van der Waals surface area contributed by atoms with E-state index in [0.717, 1.165) is 5.71 Å². The molecule has 0 unspecified atom stereocenters. The summed E-state index contributed by atoms with van der Waals surface area (Å²) in [5.41, 5.74) is 4.79. The van der Waals surface area contributed by atoms with E-state index in [2.05, 4.69) is 68.5 Å². The molecular weight excluding hydrogens is 230 g/mol. The van der Waals surface area contributed by atoms with Crippen LogP contribution in [0.25, 0.3) is 6.08 Å². The maximum atomic E-state index is 4.70. The van der Waals surface area contributed by atoms with Gasteiger partial charge in [0.25, 0.3) is 0 Å². The first-order chi connectivity index (χ1) is 9.19. The van der Waals surface area contributed by atoms with Crippen molar-refractivity contribution in [1.29, 1.82) is 0 Å². The van der Waals surface area contributed by atoms with E-state index in [0.29, 0.717) is 0 Å². The van der Waals surface area contributed by atoms with Crippen LogP contribution in [-0.4, -0.2) is 5.71 Å². The van der Waals surface area contributed by atoms with Crippen molar-refractivity contribution < 1.29 is 0 Å². The summed E-state index contributed by atoms with van der Waals surface area (Å²) in [6, 6.07) is 18.9. The van der Waals surface area contributed by atoms with Gasteiger partial charge in [-0.1, -0.05) is 68.4 Å². The fourth-order valence-electron chi connectivity index (χ4n) is 2.72. The molecule has 1 aliphatic heterocycles. The minimum absolute atomic E-state index is 0.0958. The Morgan fingerprint density at radius 1 is 0.842 bits per heavy atom. The van der Waals surface area contributed by atoms with Crippen molar-refractivity contribution in [1.82, 2.24) is 0 Å². The molecule has 3 rings (SSSR count). The zero-order valence-corrected chi connectivity index (χ0v) is 11.3. The number of nitrogens with zero attached hydrogens (tertiary/aromatic N) is 1. The van der Waals surface area contributed by atoms with Crippen molar-refractivity contribution >= 4 is 11.8 Å². The average Bonchev–Trinajstić information content (AvgIpc) is 2.57. The highest BCUT2D eigenvalue weighted by Gasteiger charge is 2.30. The fraction of sp³-hybridized carbons (Fsp3) is 0.167. The van der Waals surface area contributed by atoms with Crippen LogP contribution < -0.4 is 0 Å². The van der Waals surface area contributed by atoms with Gasteiger partial charge in [0, 0.05) is 11.6 Å². The van der Waals surface area contributed by atoms with Gasteiger partial charge in [-0.25, -0.2) is 0 Å². The van der Waals surface area contributed by atoms with Gasteiger partial charge in [0.15, 0.2) is 0 Å². The summed E-state index contributed by atoms with van der Waals surface area (Å²) in [7, 11) is 0. The van der Waals surface area contributed by atoms with Gasteiger partial charge in [0.05, 0.1) is 5.71 Å². The Hall–Kier alpha value is -2.15. The summed E-state index contributed by atoms with van der Waals surface area (Å²) < 4.78 is 0. The SMILES string of the molecule is CC1(C)C(c2ccccc2)=NC=Cc2ccccc21. The number of rotatable bonds is 1. The molecule has 0 bridgehead atoms. The van der Waals surface area contributed by atoms with Gasteiger partial charge in [0.2, 0.25) is 0 Å². The summed E-state index contributed by atoms with van der Waals surface area (Å²) in [6.45, 7) is 4.48. The molecule has 0 fully saturated rings. The van der Waals surface area contributed by atoms with Crippen LogP contribution in [-0.2, 0) is 5.41 Å². The summed E-state index contributed by atoms with van der Waals surface area (Å²) in [5, 5.41) is 0. The quantitative estimate of drug-likeness (QED) is 0.706. The minimum atomic E-state index is -0.0958. The predicted molar refractivity (Wildman–Crippen MR) is 81.5 cm³/mol. The number of aliphatic imine (C=N–C) groups is 1. The minimum Gasteiger partial charge on any atom is -0.260 e. The molecule has 0 radical (unpaired) electrons. The molecule has 94 valence electrons. The van der Waals surface area contributed by atoms with E-state index in [1.165, 1.54) is 16.7 Å². The first-order valence-corrected chi connectivity index (χ1v) is 6.59. The van der Waals surface area contributed by atoms with Crippen LogP contribution in [0.1, 0.15) is 30.5 Å². The molecule has 1 heterocycles. The van der Waals surface area contributed by atoms with Crippen LogP contribution >= 0.6 is 0 Å². The summed E-state index contributed by atoms with van der Waals surface area (Å²) in [4.78, 5) is 4.70. The molecule has 0 amide bonds. The molecule has 1 aliphatic rings. The van der Waals surface area contributed by atoms with Gasteiger partial charge < -0.3 is 0 Å². The molecule has 0 saturated heterocycles. The van der Waals surface area contributed by atoms with Crippen LogP contribution in [0.3, 0.4) is 0 Å². The van der Waals surface area contributed by atoms with Crippen molar-refractivity contribution in [2.75, 3.05) is 0 Å². The smallest absolute Gasteiger partial charge is 0.0576 e. The van der Waals surface area contributed by atoms with E-state index in [4.69, 9.17) is 4.99 Å². The number of fused-ring (bicyclic) bond motifs is 1. The summed E-state index contributed by atoms with van der Waals surface area (Å²) in [6.07, 6.45) is 4.00. The maximum absolute atomic E-state index is 4.70. The van der Waals surface area contributed by atoms with E-state index in [1.54, 1.807) is 0 Å².